The standard InChI is InChI=1S/C11H18N2O2/c1-6-5-8(6)13-7(2)9(14)12-11(3,4)10(13)15/h6-8H,5H2,1-4H3,(H,12,14). The third kappa shape index (κ3) is 1.52. The molecule has 1 aliphatic heterocycles. The van der Waals surface area contributed by atoms with E-state index < -0.39 is 5.54 Å². The number of nitrogens with zero attached hydrogens (tertiary/aromatic N) is 1. The molecule has 2 rings (SSSR count). The molecule has 0 radical (unpaired) electrons. The zero-order valence-corrected chi connectivity index (χ0v) is 9.70. The van der Waals surface area contributed by atoms with Crippen LogP contribution in [0.2, 0.25) is 0 Å². The van der Waals surface area contributed by atoms with Crippen LogP contribution in [0, 0.1) is 5.92 Å². The van der Waals surface area contributed by atoms with Gasteiger partial charge in [-0.05, 0) is 33.1 Å². The molecular formula is C11H18N2O2. The van der Waals surface area contributed by atoms with Crippen LogP contribution in [-0.4, -0.2) is 34.3 Å². The zero-order valence-electron chi connectivity index (χ0n) is 9.70. The fourth-order valence-corrected chi connectivity index (χ4v) is 2.22. The van der Waals surface area contributed by atoms with E-state index in [2.05, 4.69) is 12.2 Å². The van der Waals surface area contributed by atoms with Crippen molar-refractivity contribution in [2.24, 2.45) is 5.92 Å². The summed E-state index contributed by atoms with van der Waals surface area (Å²) in [7, 11) is 0. The smallest absolute Gasteiger partial charge is 0.248 e. The lowest BCUT2D eigenvalue weighted by Gasteiger charge is -2.42. The maximum absolute atomic E-state index is 12.1. The van der Waals surface area contributed by atoms with E-state index in [0.717, 1.165) is 6.42 Å². The minimum atomic E-state index is -0.744. The highest BCUT2D eigenvalue weighted by Crippen LogP contribution is 2.38. The van der Waals surface area contributed by atoms with Crippen molar-refractivity contribution < 1.29 is 9.59 Å². The minimum absolute atomic E-state index is 0.0429. The van der Waals surface area contributed by atoms with Crippen molar-refractivity contribution in [1.29, 1.82) is 0 Å². The first-order valence-corrected chi connectivity index (χ1v) is 5.49. The summed E-state index contributed by atoms with van der Waals surface area (Å²) < 4.78 is 0. The summed E-state index contributed by atoms with van der Waals surface area (Å²) in [5.41, 5.74) is -0.744. The van der Waals surface area contributed by atoms with Gasteiger partial charge in [0.2, 0.25) is 11.8 Å². The van der Waals surface area contributed by atoms with Gasteiger partial charge in [-0.3, -0.25) is 9.59 Å². The number of nitrogens with one attached hydrogen (secondary N) is 1. The molecule has 0 aromatic rings. The summed E-state index contributed by atoms with van der Waals surface area (Å²) in [5, 5.41) is 2.75. The van der Waals surface area contributed by atoms with E-state index >= 15 is 0 Å². The number of hydrogen-bond donors (Lipinski definition) is 1. The Labute approximate surface area is 90.0 Å². The number of carbonyl (C=O) groups excluding carboxylic acids is 2. The van der Waals surface area contributed by atoms with Crippen LogP contribution in [0.3, 0.4) is 0 Å². The molecule has 1 saturated heterocycles. The summed E-state index contributed by atoms with van der Waals surface area (Å²) in [6, 6.07) is -0.0432. The van der Waals surface area contributed by atoms with Gasteiger partial charge in [-0.1, -0.05) is 6.92 Å². The van der Waals surface area contributed by atoms with Crippen LogP contribution in [0.25, 0.3) is 0 Å². The molecular weight excluding hydrogens is 192 g/mol. The molecule has 1 saturated carbocycles. The van der Waals surface area contributed by atoms with Gasteiger partial charge in [0.15, 0.2) is 0 Å². The largest absolute Gasteiger partial charge is 0.340 e. The Balaban J connectivity index is 2.26. The van der Waals surface area contributed by atoms with E-state index in [0.29, 0.717) is 5.92 Å². The van der Waals surface area contributed by atoms with E-state index in [1.54, 1.807) is 25.7 Å². The summed E-state index contributed by atoms with van der Waals surface area (Å²) >= 11 is 0. The Hall–Kier alpha value is -1.06. The predicted molar refractivity (Wildman–Crippen MR) is 56.1 cm³/mol. The quantitative estimate of drug-likeness (QED) is 0.686. The Morgan fingerprint density at radius 3 is 2.33 bits per heavy atom. The summed E-state index contributed by atoms with van der Waals surface area (Å²) in [6.45, 7) is 7.44. The summed E-state index contributed by atoms with van der Waals surface area (Å²) in [4.78, 5) is 25.6. The molecule has 1 heterocycles. The second-order valence-electron chi connectivity index (χ2n) is 5.28. The normalized spacial score (nSPS) is 38.9. The van der Waals surface area contributed by atoms with Gasteiger partial charge in [-0.25, -0.2) is 0 Å². The Morgan fingerprint density at radius 1 is 1.33 bits per heavy atom. The highest BCUT2D eigenvalue weighted by molar-refractivity contribution is 5.99. The Morgan fingerprint density at radius 2 is 1.87 bits per heavy atom. The molecule has 0 spiro atoms. The van der Waals surface area contributed by atoms with Gasteiger partial charge in [-0.15, -0.1) is 0 Å². The average molecular weight is 210 g/mol. The molecule has 0 aromatic carbocycles. The maximum Gasteiger partial charge on any atom is 0.248 e. The van der Waals surface area contributed by atoms with Crippen LogP contribution >= 0.6 is 0 Å². The van der Waals surface area contributed by atoms with Gasteiger partial charge in [-0.2, -0.15) is 0 Å². The van der Waals surface area contributed by atoms with Gasteiger partial charge in [0.05, 0.1) is 0 Å². The van der Waals surface area contributed by atoms with Crippen LogP contribution in [0.15, 0.2) is 0 Å². The lowest BCUT2D eigenvalue weighted by atomic mass is 9.97. The number of amides is 2. The fraction of sp³-hybridized carbons (Fsp3) is 0.818. The minimum Gasteiger partial charge on any atom is -0.340 e. The van der Waals surface area contributed by atoms with Gasteiger partial charge in [0, 0.05) is 6.04 Å². The van der Waals surface area contributed by atoms with Crippen molar-refractivity contribution in [3.8, 4) is 0 Å². The highest BCUT2D eigenvalue weighted by atomic mass is 16.2. The lowest BCUT2D eigenvalue weighted by Crippen LogP contribution is -2.67. The number of rotatable bonds is 1. The van der Waals surface area contributed by atoms with Gasteiger partial charge >= 0.3 is 0 Å². The van der Waals surface area contributed by atoms with Crippen molar-refractivity contribution in [2.75, 3.05) is 0 Å². The molecule has 4 nitrogen and oxygen atoms in total. The monoisotopic (exact) mass is 210 g/mol. The van der Waals surface area contributed by atoms with E-state index in [-0.39, 0.29) is 23.9 Å². The second-order valence-corrected chi connectivity index (χ2v) is 5.28. The molecule has 0 aromatic heterocycles. The molecule has 2 amide bonds. The predicted octanol–water partition coefficient (Wildman–Crippen LogP) is 0.520. The van der Waals surface area contributed by atoms with Crippen LogP contribution in [-0.2, 0) is 9.59 Å². The van der Waals surface area contributed by atoms with Crippen molar-refractivity contribution in [1.82, 2.24) is 10.2 Å². The van der Waals surface area contributed by atoms with Crippen LogP contribution in [0.4, 0.5) is 0 Å². The molecule has 3 atom stereocenters. The van der Waals surface area contributed by atoms with Crippen molar-refractivity contribution in [3.05, 3.63) is 0 Å². The first kappa shape index (κ1) is 10.5. The molecule has 3 unspecified atom stereocenters. The van der Waals surface area contributed by atoms with Crippen LogP contribution < -0.4 is 5.32 Å². The lowest BCUT2D eigenvalue weighted by molar-refractivity contribution is -0.153. The third-order valence-corrected chi connectivity index (χ3v) is 3.43. The molecule has 4 heteroatoms. The first-order chi connectivity index (χ1) is 6.84. The van der Waals surface area contributed by atoms with Gasteiger partial charge in [0.25, 0.3) is 0 Å². The van der Waals surface area contributed by atoms with E-state index in [9.17, 15) is 9.59 Å². The molecule has 15 heavy (non-hydrogen) atoms. The zero-order chi connectivity index (χ0) is 11.4. The Bertz CT molecular complexity index is 325. The molecule has 84 valence electrons. The molecule has 2 fully saturated rings. The average Bonchev–Trinajstić information content (AvgIpc) is 2.80. The van der Waals surface area contributed by atoms with Crippen molar-refractivity contribution in [2.45, 2.75) is 51.7 Å². The van der Waals surface area contributed by atoms with E-state index in [1.807, 2.05) is 0 Å². The van der Waals surface area contributed by atoms with Gasteiger partial charge in [0.1, 0.15) is 11.6 Å². The van der Waals surface area contributed by atoms with Crippen LogP contribution in [0.5, 0.6) is 0 Å². The molecule has 1 N–H and O–H groups in total. The van der Waals surface area contributed by atoms with Gasteiger partial charge < -0.3 is 10.2 Å². The number of hydrogen-bond acceptors (Lipinski definition) is 2. The number of carbonyl (C=O) groups is 2. The topological polar surface area (TPSA) is 49.4 Å². The first-order valence-electron chi connectivity index (χ1n) is 5.49. The van der Waals surface area contributed by atoms with Crippen LogP contribution in [0.1, 0.15) is 34.1 Å². The van der Waals surface area contributed by atoms with E-state index in [1.165, 1.54) is 0 Å². The SMILES string of the molecule is CC1CC1N1C(=O)C(C)(C)NC(=O)C1C. The third-order valence-electron chi connectivity index (χ3n) is 3.43. The molecule has 2 aliphatic rings. The Kier molecular flexibility index (Phi) is 2.07. The van der Waals surface area contributed by atoms with Crippen molar-refractivity contribution >= 4 is 11.8 Å². The molecule has 0 bridgehead atoms. The molecule has 1 aliphatic carbocycles. The number of piperazine rings is 1. The highest BCUT2D eigenvalue weighted by Gasteiger charge is 2.51. The maximum atomic E-state index is 12.1. The van der Waals surface area contributed by atoms with Crippen molar-refractivity contribution in [3.63, 3.8) is 0 Å². The van der Waals surface area contributed by atoms with E-state index in [4.69, 9.17) is 0 Å². The fourth-order valence-electron chi connectivity index (χ4n) is 2.22. The second kappa shape index (κ2) is 2.97. The summed E-state index contributed by atoms with van der Waals surface area (Å²) in [6.07, 6.45) is 1.03. The summed E-state index contributed by atoms with van der Waals surface area (Å²) in [5.74, 6) is 0.542.